The van der Waals surface area contributed by atoms with Gasteiger partial charge in [0.15, 0.2) is 0 Å². The quantitative estimate of drug-likeness (QED) is 0.674. The predicted molar refractivity (Wildman–Crippen MR) is 74.8 cm³/mol. The Kier molecular flexibility index (Phi) is 4.28. The van der Waals surface area contributed by atoms with Crippen molar-refractivity contribution in [3.63, 3.8) is 0 Å². The Morgan fingerprint density at radius 1 is 1.47 bits per heavy atom. The molecule has 0 radical (unpaired) electrons. The summed E-state index contributed by atoms with van der Waals surface area (Å²) >= 11 is 5.20. The van der Waals surface area contributed by atoms with E-state index in [0.717, 1.165) is 15.8 Å². The van der Waals surface area contributed by atoms with Gasteiger partial charge in [0.25, 0.3) is 0 Å². The van der Waals surface area contributed by atoms with Crippen LogP contribution in [0.15, 0.2) is 34.4 Å². The second kappa shape index (κ2) is 5.73. The molecule has 1 atom stereocenters. The summed E-state index contributed by atoms with van der Waals surface area (Å²) in [6, 6.07) is 6.28. The maximum atomic E-state index is 5.64. The topological polar surface area (TPSA) is 50.9 Å². The van der Waals surface area contributed by atoms with Gasteiger partial charge in [0.05, 0.1) is 9.83 Å². The number of halogens is 1. The van der Waals surface area contributed by atoms with Crippen molar-refractivity contribution in [3.8, 4) is 0 Å². The first kappa shape index (κ1) is 12.7. The standard InChI is InChI=1S/C12H14BrN3S/c1-8-4-5-15-7-10(8)11(16-14)6-9-2-3-12(13)17-9/h2-5,7,11,16H,6,14H2,1H3. The largest absolute Gasteiger partial charge is 0.271 e. The Hall–Kier alpha value is -0.750. The van der Waals surface area contributed by atoms with E-state index in [9.17, 15) is 0 Å². The lowest BCUT2D eigenvalue weighted by atomic mass is 10.0. The average Bonchev–Trinajstić information content (AvgIpc) is 2.73. The number of hydrogen-bond donors (Lipinski definition) is 2. The van der Waals surface area contributed by atoms with E-state index in [1.807, 2.05) is 12.3 Å². The fraction of sp³-hybridized carbons (Fsp3) is 0.250. The molecule has 0 aliphatic rings. The van der Waals surface area contributed by atoms with E-state index in [1.54, 1.807) is 17.5 Å². The Morgan fingerprint density at radius 3 is 2.88 bits per heavy atom. The zero-order valence-electron chi connectivity index (χ0n) is 9.48. The lowest BCUT2D eigenvalue weighted by molar-refractivity contribution is 0.551. The van der Waals surface area contributed by atoms with Gasteiger partial charge in [0.1, 0.15) is 0 Å². The molecule has 0 aliphatic carbocycles. The third kappa shape index (κ3) is 3.13. The molecule has 2 rings (SSSR count). The summed E-state index contributed by atoms with van der Waals surface area (Å²) in [5.74, 6) is 5.64. The molecular weight excluding hydrogens is 298 g/mol. The molecule has 0 aliphatic heterocycles. The van der Waals surface area contributed by atoms with Gasteiger partial charge in [0, 0.05) is 23.7 Å². The fourth-order valence-electron chi connectivity index (χ4n) is 1.76. The van der Waals surface area contributed by atoms with Crippen LogP contribution in [-0.4, -0.2) is 4.98 Å². The molecule has 0 aromatic carbocycles. The Balaban J connectivity index is 2.20. The molecule has 0 spiro atoms. The van der Waals surface area contributed by atoms with E-state index in [4.69, 9.17) is 5.84 Å². The zero-order chi connectivity index (χ0) is 12.3. The fourth-order valence-corrected chi connectivity index (χ4v) is 3.29. The van der Waals surface area contributed by atoms with Crippen LogP contribution in [0.5, 0.6) is 0 Å². The molecule has 2 aromatic heterocycles. The van der Waals surface area contributed by atoms with Crippen LogP contribution >= 0.6 is 27.3 Å². The van der Waals surface area contributed by atoms with Crippen LogP contribution in [0.4, 0.5) is 0 Å². The molecule has 90 valence electrons. The molecule has 3 N–H and O–H groups in total. The predicted octanol–water partition coefficient (Wildman–Crippen LogP) is 2.96. The summed E-state index contributed by atoms with van der Waals surface area (Å²) < 4.78 is 1.14. The summed E-state index contributed by atoms with van der Waals surface area (Å²) in [6.07, 6.45) is 4.55. The number of aromatic nitrogens is 1. The van der Waals surface area contributed by atoms with E-state index in [0.29, 0.717) is 0 Å². The van der Waals surface area contributed by atoms with Crippen LogP contribution in [0.1, 0.15) is 22.0 Å². The van der Waals surface area contributed by atoms with Crippen LogP contribution in [0.25, 0.3) is 0 Å². The van der Waals surface area contributed by atoms with Gasteiger partial charge < -0.3 is 0 Å². The molecule has 3 nitrogen and oxygen atoms in total. The minimum absolute atomic E-state index is 0.106. The molecule has 17 heavy (non-hydrogen) atoms. The second-order valence-electron chi connectivity index (χ2n) is 3.86. The summed E-state index contributed by atoms with van der Waals surface area (Å²) in [7, 11) is 0. The number of nitrogens with zero attached hydrogens (tertiary/aromatic N) is 1. The highest BCUT2D eigenvalue weighted by Gasteiger charge is 2.14. The van der Waals surface area contributed by atoms with Gasteiger partial charge in [-0.1, -0.05) is 0 Å². The van der Waals surface area contributed by atoms with Crippen LogP contribution in [-0.2, 0) is 6.42 Å². The highest BCUT2D eigenvalue weighted by atomic mass is 79.9. The highest BCUT2D eigenvalue weighted by Crippen LogP contribution is 2.27. The Labute approximate surface area is 113 Å². The minimum atomic E-state index is 0.106. The maximum Gasteiger partial charge on any atom is 0.0701 e. The zero-order valence-corrected chi connectivity index (χ0v) is 11.9. The first-order valence-corrected chi connectivity index (χ1v) is 6.92. The van der Waals surface area contributed by atoms with Gasteiger partial charge in [-0.25, -0.2) is 0 Å². The average molecular weight is 312 g/mol. The van der Waals surface area contributed by atoms with Crippen molar-refractivity contribution in [2.75, 3.05) is 0 Å². The molecule has 0 fully saturated rings. The molecule has 2 aromatic rings. The lowest BCUT2D eigenvalue weighted by Crippen LogP contribution is -2.30. The van der Waals surface area contributed by atoms with Crippen molar-refractivity contribution >= 4 is 27.3 Å². The van der Waals surface area contributed by atoms with Crippen molar-refractivity contribution in [1.82, 2.24) is 10.4 Å². The minimum Gasteiger partial charge on any atom is -0.271 e. The lowest BCUT2D eigenvalue weighted by Gasteiger charge is -2.17. The van der Waals surface area contributed by atoms with E-state index in [2.05, 4.69) is 45.4 Å². The first-order chi connectivity index (χ1) is 8.20. The SMILES string of the molecule is Cc1ccncc1C(Cc1ccc(Br)s1)NN. The summed E-state index contributed by atoms with van der Waals surface area (Å²) in [4.78, 5) is 5.45. The monoisotopic (exact) mass is 311 g/mol. The molecule has 0 bridgehead atoms. The number of nitrogens with two attached hydrogens (primary N) is 1. The van der Waals surface area contributed by atoms with E-state index in [1.165, 1.54) is 10.4 Å². The highest BCUT2D eigenvalue weighted by molar-refractivity contribution is 9.11. The molecular formula is C12H14BrN3S. The number of hydrazine groups is 1. The van der Waals surface area contributed by atoms with Gasteiger partial charge in [0.2, 0.25) is 0 Å². The summed E-state index contributed by atoms with van der Waals surface area (Å²) in [6.45, 7) is 2.08. The summed E-state index contributed by atoms with van der Waals surface area (Å²) in [5, 5.41) is 0. The number of thiophene rings is 1. The molecule has 0 amide bonds. The van der Waals surface area contributed by atoms with Crippen molar-refractivity contribution in [2.45, 2.75) is 19.4 Å². The van der Waals surface area contributed by atoms with Gasteiger partial charge in [-0.05, 0) is 52.2 Å². The molecule has 1 unspecified atom stereocenters. The number of rotatable bonds is 4. The van der Waals surface area contributed by atoms with Gasteiger partial charge in [-0.2, -0.15) is 0 Å². The van der Waals surface area contributed by atoms with Crippen LogP contribution < -0.4 is 11.3 Å². The molecule has 0 saturated carbocycles. The third-order valence-corrected chi connectivity index (χ3v) is 4.34. The van der Waals surface area contributed by atoms with Crippen molar-refractivity contribution in [1.29, 1.82) is 0 Å². The third-order valence-electron chi connectivity index (χ3n) is 2.69. The molecule has 2 heterocycles. The Morgan fingerprint density at radius 2 is 2.29 bits per heavy atom. The van der Waals surface area contributed by atoms with Crippen molar-refractivity contribution in [3.05, 3.63) is 50.4 Å². The normalized spacial score (nSPS) is 12.6. The number of nitrogens with one attached hydrogen (secondary N) is 1. The van der Waals surface area contributed by atoms with Crippen LogP contribution in [0.3, 0.4) is 0 Å². The van der Waals surface area contributed by atoms with E-state index >= 15 is 0 Å². The Bertz CT molecular complexity index is 498. The maximum absolute atomic E-state index is 5.64. The number of aryl methyl sites for hydroxylation is 1. The van der Waals surface area contributed by atoms with Crippen molar-refractivity contribution < 1.29 is 0 Å². The molecule has 5 heteroatoms. The number of pyridine rings is 1. The number of hydrogen-bond acceptors (Lipinski definition) is 4. The van der Waals surface area contributed by atoms with Gasteiger partial charge in [-0.15, -0.1) is 11.3 Å². The summed E-state index contributed by atoms with van der Waals surface area (Å²) in [5.41, 5.74) is 5.23. The van der Waals surface area contributed by atoms with E-state index in [-0.39, 0.29) is 6.04 Å². The van der Waals surface area contributed by atoms with Gasteiger partial charge in [-0.3, -0.25) is 16.3 Å². The second-order valence-corrected chi connectivity index (χ2v) is 6.41. The van der Waals surface area contributed by atoms with Crippen LogP contribution in [0.2, 0.25) is 0 Å². The van der Waals surface area contributed by atoms with Gasteiger partial charge >= 0.3 is 0 Å². The van der Waals surface area contributed by atoms with Crippen LogP contribution in [0, 0.1) is 6.92 Å². The molecule has 0 saturated heterocycles. The van der Waals surface area contributed by atoms with Crippen molar-refractivity contribution in [2.24, 2.45) is 5.84 Å². The smallest absolute Gasteiger partial charge is 0.0701 e. The van der Waals surface area contributed by atoms with E-state index < -0.39 is 0 Å². The first-order valence-electron chi connectivity index (χ1n) is 5.31.